The standard InChI is InChI=1S/C23H19ClFN3O3/c1-29-19-13-20(30-2)18(12-17(19)24)26-21(14-8-10-16(25)11-9-14)23-28-27-22(31-23)15-6-4-3-5-7-15/h3-13,21,26H,1-2H3/t21-/m1/s1. The van der Waals surface area contributed by atoms with E-state index in [0.717, 1.165) is 11.1 Å². The highest BCUT2D eigenvalue weighted by Crippen LogP contribution is 2.39. The van der Waals surface area contributed by atoms with Crippen LogP contribution in [0.25, 0.3) is 11.5 Å². The van der Waals surface area contributed by atoms with Crippen LogP contribution in [-0.4, -0.2) is 24.4 Å². The summed E-state index contributed by atoms with van der Waals surface area (Å²) in [7, 11) is 3.07. The second-order valence-electron chi connectivity index (χ2n) is 6.63. The fraction of sp³-hybridized carbons (Fsp3) is 0.130. The SMILES string of the molecule is COc1cc(OC)c(N[C@H](c2ccc(F)cc2)c2nnc(-c3ccccc3)o2)cc1Cl. The average molecular weight is 440 g/mol. The van der Waals surface area contributed by atoms with Crippen LogP contribution in [0.4, 0.5) is 10.1 Å². The monoisotopic (exact) mass is 439 g/mol. The third-order valence-corrected chi connectivity index (χ3v) is 4.98. The van der Waals surface area contributed by atoms with Crippen molar-refractivity contribution < 1.29 is 18.3 Å². The molecule has 0 radical (unpaired) electrons. The minimum Gasteiger partial charge on any atom is -0.495 e. The van der Waals surface area contributed by atoms with Gasteiger partial charge in [0.05, 0.1) is 24.9 Å². The van der Waals surface area contributed by atoms with Crippen molar-refractivity contribution in [3.05, 3.63) is 89.0 Å². The van der Waals surface area contributed by atoms with E-state index in [0.29, 0.717) is 34.0 Å². The second kappa shape index (κ2) is 9.06. The van der Waals surface area contributed by atoms with Gasteiger partial charge in [0.1, 0.15) is 23.4 Å². The Morgan fingerprint density at radius 1 is 0.935 bits per heavy atom. The lowest BCUT2D eigenvalue weighted by Gasteiger charge is -2.20. The van der Waals surface area contributed by atoms with Gasteiger partial charge >= 0.3 is 0 Å². The number of nitrogens with one attached hydrogen (secondary N) is 1. The normalized spacial score (nSPS) is 11.7. The highest BCUT2D eigenvalue weighted by atomic mass is 35.5. The molecule has 0 aliphatic carbocycles. The molecule has 4 aromatic rings. The van der Waals surface area contributed by atoms with Gasteiger partial charge in [-0.3, -0.25) is 0 Å². The van der Waals surface area contributed by atoms with Gasteiger partial charge in [0.25, 0.3) is 0 Å². The minimum atomic E-state index is -0.580. The van der Waals surface area contributed by atoms with Gasteiger partial charge in [-0.15, -0.1) is 10.2 Å². The maximum Gasteiger partial charge on any atom is 0.247 e. The molecule has 0 saturated carbocycles. The van der Waals surface area contributed by atoms with Crippen molar-refractivity contribution in [2.75, 3.05) is 19.5 Å². The maximum atomic E-state index is 13.5. The van der Waals surface area contributed by atoms with Crippen LogP contribution in [0, 0.1) is 5.82 Å². The third kappa shape index (κ3) is 4.46. The number of aromatic nitrogens is 2. The van der Waals surface area contributed by atoms with Crippen LogP contribution in [0.2, 0.25) is 5.02 Å². The van der Waals surface area contributed by atoms with Gasteiger partial charge in [-0.05, 0) is 35.9 Å². The van der Waals surface area contributed by atoms with Crippen molar-refractivity contribution >= 4 is 17.3 Å². The highest BCUT2D eigenvalue weighted by Gasteiger charge is 2.24. The number of hydrogen-bond acceptors (Lipinski definition) is 6. The van der Waals surface area contributed by atoms with Crippen molar-refractivity contribution in [3.8, 4) is 23.0 Å². The Kier molecular flexibility index (Phi) is 6.04. The molecular formula is C23H19ClFN3O3. The first-order chi connectivity index (χ1) is 15.1. The number of benzene rings is 3. The zero-order valence-electron chi connectivity index (χ0n) is 16.8. The molecule has 0 saturated heterocycles. The first-order valence-electron chi connectivity index (χ1n) is 9.41. The Balaban J connectivity index is 1.75. The lowest BCUT2D eigenvalue weighted by atomic mass is 10.1. The van der Waals surface area contributed by atoms with E-state index in [9.17, 15) is 4.39 Å². The van der Waals surface area contributed by atoms with E-state index in [4.69, 9.17) is 25.5 Å². The van der Waals surface area contributed by atoms with Gasteiger partial charge in [0.2, 0.25) is 11.8 Å². The number of nitrogens with zero attached hydrogens (tertiary/aromatic N) is 2. The Morgan fingerprint density at radius 3 is 2.32 bits per heavy atom. The fourth-order valence-electron chi connectivity index (χ4n) is 3.12. The van der Waals surface area contributed by atoms with Crippen molar-refractivity contribution in [1.82, 2.24) is 10.2 Å². The van der Waals surface area contributed by atoms with E-state index in [-0.39, 0.29) is 5.82 Å². The van der Waals surface area contributed by atoms with Crippen molar-refractivity contribution in [2.24, 2.45) is 0 Å². The summed E-state index contributed by atoms with van der Waals surface area (Å²) in [6.07, 6.45) is 0. The van der Waals surface area contributed by atoms with Crippen LogP contribution in [0.15, 0.2) is 71.1 Å². The predicted octanol–water partition coefficient (Wildman–Crippen LogP) is 5.75. The molecule has 0 spiro atoms. The molecular weight excluding hydrogens is 421 g/mol. The van der Waals surface area contributed by atoms with Gasteiger partial charge < -0.3 is 19.2 Å². The number of hydrogen-bond donors (Lipinski definition) is 1. The topological polar surface area (TPSA) is 69.4 Å². The summed E-state index contributed by atoms with van der Waals surface area (Å²) >= 11 is 6.32. The molecule has 1 N–H and O–H groups in total. The summed E-state index contributed by atoms with van der Waals surface area (Å²) in [6.45, 7) is 0. The molecule has 4 rings (SSSR count). The molecule has 0 unspecified atom stereocenters. The summed E-state index contributed by atoms with van der Waals surface area (Å²) in [5.41, 5.74) is 2.10. The summed E-state index contributed by atoms with van der Waals surface area (Å²) in [5.74, 6) is 1.33. The molecule has 1 atom stereocenters. The summed E-state index contributed by atoms with van der Waals surface area (Å²) in [6, 6.07) is 18.3. The molecule has 1 heterocycles. The lowest BCUT2D eigenvalue weighted by molar-refractivity contribution is 0.395. The molecule has 0 aliphatic heterocycles. The molecule has 0 amide bonds. The molecule has 6 nitrogen and oxygen atoms in total. The Hall–Kier alpha value is -3.58. The summed E-state index contributed by atoms with van der Waals surface area (Å²) in [5, 5.41) is 12.1. The van der Waals surface area contributed by atoms with E-state index in [2.05, 4.69) is 15.5 Å². The third-order valence-electron chi connectivity index (χ3n) is 4.69. The van der Waals surface area contributed by atoms with Crippen LogP contribution in [-0.2, 0) is 0 Å². The Labute approximate surface area is 183 Å². The average Bonchev–Trinajstić information content (AvgIpc) is 3.29. The highest BCUT2D eigenvalue weighted by molar-refractivity contribution is 6.32. The van der Waals surface area contributed by atoms with Crippen LogP contribution in [0.1, 0.15) is 17.5 Å². The molecule has 8 heteroatoms. The minimum absolute atomic E-state index is 0.305. The predicted molar refractivity (Wildman–Crippen MR) is 116 cm³/mol. The summed E-state index contributed by atoms with van der Waals surface area (Å²) < 4.78 is 30.2. The zero-order valence-corrected chi connectivity index (χ0v) is 17.6. The smallest absolute Gasteiger partial charge is 0.247 e. The molecule has 0 fully saturated rings. The van der Waals surface area contributed by atoms with E-state index in [1.165, 1.54) is 19.2 Å². The number of ether oxygens (including phenoxy) is 2. The molecule has 1 aromatic heterocycles. The van der Waals surface area contributed by atoms with E-state index < -0.39 is 6.04 Å². The van der Waals surface area contributed by atoms with E-state index >= 15 is 0 Å². The van der Waals surface area contributed by atoms with E-state index in [1.807, 2.05) is 30.3 Å². The van der Waals surface area contributed by atoms with Crippen molar-refractivity contribution in [1.29, 1.82) is 0 Å². The quantitative estimate of drug-likeness (QED) is 0.395. The number of halogens is 2. The van der Waals surface area contributed by atoms with Crippen molar-refractivity contribution in [2.45, 2.75) is 6.04 Å². The largest absolute Gasteiger partial charge is 0.495 e. The first kappa shape index (κ1) is 20.7. The van der Waals surface area contributed by atoms with Gasteiger partial charge in [0, 0.05) is 11.6 Å². The number of methoxy groups -OCH3 is 2. The van der Waals surface area contributed by atoms with Gasteiger partial charge in [-0.2, -0.15) is 0 Å². The maximum absolute atomic E-state index is 13.5. The van der Waals surface area contributed by atoms with Crippen LogP contribution < -0.4 is 14.8 Å². The number of rotatable bonds is 7. The van der Waals surface area contributed by atoms with Gasteiger partial charge in [0.15, 0.2) is 0 Å². The Bertz CT molecular complexity index is 1170. The van der Waals surface area contributed by atoms with Gasteiger partial charge in [-0.25, -0.2) is 4.39 Å². The van der Waals surface area contributed by atoms with Crippen LogP contribution >= 0.6 is 11.6 Å². The molecule has 0 aliphatic rings. The molecule has 158 valence electrons. The summed E-state index contributed by atoms with van der Waals surface area (Å²) in [4.78, 5) is 0. The lowest BCUT2D eigenvalue weighted by Crippen LogP contribution is -2.14. The van der Waals surface area contributed by atoms with Crippen molar-refractivity contribution in [3.63, 3.8) is 0 Å². The van der Waals surface area contributed by atoms with Crippen LogP contribution in [0.3, 0.4) is 0 Å². The van der Waals surface area contributed by atoms with Crippen LogP contribution in [0.5, 0.6) is 11.5 Å². The second-order valence-corrected chi connectivity index (χ2v) is 7.03. The first-order valence-corrected chi connectivity index (χ1v) is 9.79. The molecule has 31 heavy (non-hydrogen) atoms. The number of anilines is 1. The fourth-order valence-corrected chi connectivity index (χ4v) is 3.36. The zero-order chi connectivity index (χ0) is 21.8. The Morgan fingerprint density at radius 2 is 1.65 bits per heavy atom. The van der Waals surface area contributed by atoms with Gasteiger partial charge in [-0.1, -0.05) is 41.9 Å². The van der Waals surface area contributed by atoms with E-state index in [1.54, 1.807) is 31.4 Å². The molecule has 0 bridgehead atoms. The molecule has 3 aromatic carbocycles.